The van der Waals surface area contributed by atoms with E-state index in [0.717, 1.165) is 17.7 Å². The lowest BCUT2D eigenvalue weighted by molar-refractivity contribution is -0.127. The van der Waals surface area contributed by atoms with E-state index >= 15 is 0 Å². The molecule has 0 aliphatic carbocycles. The van der Waals surface area contributed by atoms with E-state index in [1.807, 2.05) is 19.1 Å². The number of hydrogen-bond acceptors (Lipinski definition) is 3. The summed E-state index contributed by atoms with van der Waals surface area (Å²) in [6, 6.07) is 13.8. The Balaban J connectivity index is 1.51. The quantitative estimate of drug-likeness (QED) is 0.770. The van der Waals surface area contributed by atoms with Crippen LogP contribution in [0.15, 0.2) is 42.5 Å². The van der Waals surface area contributed by atoms with Crippen LogP contribution in [0.2, 0.25) is 5.02 Å². The van der Waals surface area contributed by atoms with Crippen LogP contribution in [0.5, 0.6) is 5.75 Å². The Morgan fingerprint density at radius 2 is 1.93 bits per heavy atom. The van der Waals surface area contributed by atoms with Gasteiger partial charge in [0.15, 0.2) is 6.10 Å². The molecule has 1 saturated heterocycles. The van der Waals surface area contributed by atoms with E-state index in [0.29, 0.717) is 17.3 Å². The van der Waals surface area contributed by atoms with Crippen LogP contribution in [0.4, 0.5) is 0 Å². The van der Waals surface area contributed by atoms with Gasteiger partial charge in [-0.3, -0.25) is 9.69 Å². The van der Waals surface area contributed by atoms with Crippen LogP contribution in [0.1, 0.15) is 36.5 Å². The molecule has 1 fully saturated rings. The molecule has 1 N–H and O–H groups in total. The molecular weight excluding hydrogens is 360 g/mol. The van der Waals surface area contributed by atoms with Crippen LogP contribution in [0, 0.1) is 6.92 Å². The van der Waals surface area contributed by atoms with Gasteiger partial charge in [-0.1, -0.05) is 35.9 Å². The van der Waals surface area contributed by atoms with E-state index in [2.05, 4.69) is 28.4 Å². The highest BCUT2D eigenvalue weighted by atomic mass is 35.5. The highest BCUT2D eigenvalue weighted by Crippen LogP contribution is 2.22. The number of nitrogens with zero attached hydrogens (tertiary/aromatic N) is 1. The van der Waals surface area contributed by atoms with Gasteiger partial charge < -0.3 is 10.1 Å². The summed E-state index contributed by atoms with van der Waals surface area (Å²) in [5.74, 6) is 0.514. The molecular formula is C22H27ClN2O2. The van der Waals surface area contributed by atoms with Gasteiger partial charge in [0.05, 0.1) is 0 Å². The largest absolute Gasteiger partial charge is 0.481 e. The van der Waals surface area contributed by atoms with Gasteiger partial charge in [-0.15, -0.1) is 0 Å². The predicted molar refractivity (Wildman–Crippen MR) is 109 cm³/mol. The molecule has 4 nitrogen and oxygen atoms in total. The minimum Gasteiger partial charge on any atom is -0.481 e. The molecule has 0 radical (unpaired) electrons. The second-order valence-electron chi connectivity index (χ2n) is 7.19. The normalized spacial score (nSPS) is 15.5. The molecule has 1 aliphatic heterocycles. The topological polar surface area (TPSA) is 41.6 Å². The summed E-state index contributed by atoms with van der Waals surface area (Å²) in [6.07, 6.45) is 2.01. The molecule has 1 unspecified atom stereocenters. The average Bonchev–Trinajstić information content (AvgIpc) is 3.16. The van der Waals surface area contributed by atoms with E-state index in [9.17, 15) is 4.79 Å². The first-order valence-electron chi connectivity index (χ1n) is 9.52. The summed E-state index contributed by atoms with van der Waals surface area (Å²) >= 11 is 6.03. The van der Waals surface area contributed by atoms with Crippen molar-refractivity contribution >= 4 is 17.5 Å². The molecule has 27 heavy (non-hydrogen) atoms. The van der Waals surface area contributed by atoms with Gasteiger partial charge in [-0.25, -0.2) is 0 Å². The van der Waals surface area contributed by atoms with Gasteiger partial charge in [0, 0.05) is 18.1 Å². The van der Waals surface area contributed by atoms with E-state index in [-0.39, 0.29) is 5.91 Å². The molecule has 2 aromatic carbocycles. The molecule has 0 spiro atoms. The minimum atomic E-state index is -0.571. The number of aryl methyl sites for hydroxylation is 1. The smallest absolute Gasteiger partial charge is 0.261 e. The lowest BCUT2D eigenvalue weighted by Gasteiger charge is -2.17. The number of ether oxygens (including phenoxy) is 1. The van der Waals surface area contributed by atoms with Crippen molar-refractivity contribution < 1.29 is 9.53 Å². The second-order valence-corrected chi connectivity index (χ2v) is 7.60. The third-order valence-electron chi connectivity index (χ3n) is 4.87. The van der Waals surface area contributed by atoms with E-state index < -0.39 is 6.10 Å². The molecule has 5 heteroatoms. The van der Waals surface area contributed by atoms with E-state index in [1.54, 1.807) is 19.1 Å². The van der Waals surface area contributed by atoms with Gasteiger partial charge in [0.2, 0.25) is 0 Å². The second kappa shape index (κ2) is 9.25. The first-order valence-corrected chi connectivity index (χ1v) is 9.90. The fourth-order valence-corrected chi connectivity index (χ4v) is 3.44. The number of likely N-dealkylation sites (tertiary alicyclic amines) is 1. The minimum absolute atomic E-state index is 0.132. The number of rotatable bonds is 7. The highest BCUT2D eigenvalue weighted by molar-refractivity contribution is 6.31. The van der Waals surface area contributed by atoms with Crippen molar-refractivity contribution in [2.24, 2.45) is 0 Å². The fraction of sp³-hybridized carbons (Fsp3) is 0.409. The van der Waals surface area contributed by atoms with Crippen LogP contribution in [0.25, 0.3) is 0 Å². The van der Waals surface area contributed by atoms with Crippen molar-refractivity contribution in [3.05, 3.63) is 64.2 Å². The Hall–Kier alpha value is -2.04. The van der Waals surface area contributed by atoms with Gasteiger partial charge in [-0.2, -0.15) is 0 Å². The van der Waals surface area contributed by atoms with Crippen molar-refractivity contribution in [1.82, 2.24) is 10.2 Å². The van der Waals surface area contributed by atoms with Crippen molar-refractivity contribution in [2.75, 3.05) is 13.1 Å². The van der Waals surface area contributed by atoms with Gasteiger partial charge in [0.25, 0.3) is 5.91 Å². The summed E-state index contributed by atoms with van der Waals surface area (Å²) in [6.45, 7) is 7.51. The predicted octanol–water partition coefficient (Wildman–Crippen LogP) is 4.33. The van der Waals surface area contributed by atoms with Crippen molar-refractivity contribution in [1.29, 1.82) is 0 Å². The number of nitrogens with one attached hydrogen (secondary N) is 1. The van der Waals surface area contributed by atoms with Crippen LogP contribution >= 0.6 is 11.6 Å². The van der Waals surface area contributed by atoms with E-state index in [1.165, 1.54) is 31.5 Å². The summed E-state index contributed by atoms with van der Waals surface area (Å²) in [5.41, 5.74) is 3.33. The van der Waals surface area contributed by atoms with Crippen molar-refractivity contribution in [3.8, 4) is 5.75 Å². The number of benzene rings is 2. The molecule has 0 bridgehead atoms. The highest BCUT2D eigenvalue weighted by Gasteiger charge is 2.15. The van der Waals surface area contributed by atoms with Gasteiger partial charge in [-0.05, 0) is 74.7 Å². The van der Waals surface area contributed by atoms with Crippen LogP contribution in [-0.2, 0) is 17.9 Å². The summed E-state index contributed by atoms with van der Waals surface area (Å²) in [5, 5.41) is 3.65. The number of halogens is 1. The first-order chi connectivity index (χ1) is 13.0. The first kappa shape index (κ1) is 19.7. The Bertz CT molecular complexity index is 788. The lowest BCUT2D eigenvalue weighted by atomic mass is 10.1. The zero-order valence-corrected chi connectivity index (χ0v) is 16.8. The summed E-state index contributed by atoms with van der Waals surface area (Å²) in [7, 11) is 0. The fourth-order valence-electron chi connectivity index (χ4n) is 3.32. The molecule has 0 aromatic heterocycles. The summed E-state index contributed by atoms with van der Waals surface area (Å²) in [4.78, 5) is 14.8. The maximum atomic E-state index is 12.4. The Morgan fingerprint density at radius 1 is 1.19 bits per heavy atom. The zero-order chi connectivity index (χ0) is 19.2. The molecule has 3 rings (SSSR count). The average molecular weight is 387 g/mol. The van der Waals surface area contributed by atoms with Crippen LogP contribution < -0.4 is 10.1 Å². The Labute approximate surface area is 166 Å². The summed E-state index contributed by atoms with van der Waals surface area (Å²) < 4.78 is 5.74. The molecule has 144 valence electrons. The number of carbonyl (C=O) groups excluding carboxylic acids is 1. The molecule has 1 amide bonds. The maximum Gasteiger partial charge on any atom is 0.261 e. The number of amides is 1. The molecule has 1 aliphatic rings. The molecule has 0 saturated carbocycles. The van der Waals surface area contributed by atoms with E-state index in [4.69, 9.17) is 16.3 Å². The maximum absolute atomic E-state index is 12.4. The lowest BCUT2D eigenvalue weighted by Crippen LogP contribution is -2.35. The van der Waals surface area contributed by atoms with Gasteiger partial charge in [0.1, 0.15) is 5.75 Å². The standard InChI is InChI=1S/C22H27ClN2O2/c1-16-12-20(8-9-21(16)23)27-17(2)22(26)24-14-18-6-5-7-19(13-18)15-25-10-3-4-11-25/h5-9,12-13,17H,3-4,10-11,14-15H2,1-2H3,(H,24,26). The third-order valence-corrected chi connectivity index (χ3v) is 5.30. The number of carbonyl (C=O) groups is 1. The van der Waals surface area contributed by atoms with Crippen molar-refractivity contribution in [3.63, 3.8) is 0 Å². The zero-order valence-electron chi connectivity index (χ0n) is 16.0. The molecule has 1 atom stereocenters. The molecule has 2 aromatic rings. The SMILES string of the molecule is Cc1cc(OC(C)C(=O)NCc2cccc(CN3CCCC3)c2)ccc1Cl. The Morgan fingerprint density at radius 3 is 2.67 bits per heavy atom. The third kappa shape index (κ3) is 5.72. The Kier molecular flexibility index (Phi) is 6.75. The van der Waals surface area contributed by atoms with Crippen molar-refractivity contribution in [2.45, 2.75) is 45.9 Å². The number of hydrogen-bond donors (Lipinski definition) is 1. The molecule has 1 heterocycles. The van der Waals surface area contributed by atoms with Crippen LogP contribution in [-0.4, -0.2) is 30.0 Å². The van der Waals surface area contributed by atoms with Gasteiger partial charge >= 0.3 is 0 Å². The van der Waals surface area contributed by atoms with Crippen LogP contribution in [0.3, 0.4) is 0 Å². The monoisotopic (exact) mass is 386 g/mol.